The number of pyridine rings is 1. The van der Waals surface area contributed by atoms with Gasteiger partial charge in [0.25, 0.3) is 0 Å². The number of hydrogen-bond donors (Lipinski definition) is 2. The predicted octanol–water partition coefficient (Wildman–Crippen LogP) is 2.74. The van der Waals surface area contributed by atoms with Gasteiger partial charge in [-0.1, -0.05) is 17.7 Å². The van der Waals surface area contributed by atoms with Crippen LogP contribution in [0.2, 0.25) is 0 Å². The predicted molar refractivity (Wildman–Crippen MR) is 111 cm³/mol. The number of guanidine groups is 1. The Kier molecular flexibility index (Phi) is 7.06. The molecule has 1 atom stereocenters. The summed E-state index contributed by atoms with van der Waals surface area (Å²) in [6, 6.07) is 11.2. The Hall–Kier alpha value is -2.83. The molecular formula is C21H28FN5O. The second-order valence-electron chi connectivity index (χ2n) is 6.81. The number of rotatable bonds is 7. The molecule has 0 bridgehead atoms. The summed E-state index contributed by atoms with van der Waals surface area (Å²) in [4.78, 5) is 10.7. The number of benzene rings is 1. The molecule has 1 aliphatic rings. The van der Waals surface area contributed by atoms with Gasteiger partial charge in [-0.3, -0.25) is 0 Å². The van der Waals surface area contributed by atoms with E-state index in [1.54, 1.807) is 12.3 Å². The minimum Gasteiger partial charge on any atom is -0.492 e. The number of ether oxygens (including phenoxy) is 1. The van der Waals surface area contributed by atoms with Crippen LogP contribution in [-0.4, -0.2) is 49.8 Å². The molecule has 28 heavy (non-hydrogen) atoms. The van der Waals surface area contributed by atoms with E-state index >= 15 is 0 Å². The van der Waals surface area contributed by atoms with E-state index in [9.17, 15) is 4.39 Å². The summed E-state index contributed by atoms with van der Waals surface area (Å²) in [7, 11) is 0. The monoisotopic (exact) mass is 385 g/mol. The number of aryl methyl sites for hydroxylation is 1. The van der Waals surface area contributed by atoms with Crippen LogP contribution < -0.4 is 20.3 Å². The Morgan fingerprint density at radius 2 is 2.14 bits per heavy atom. The Morgan fingerprint density at radius 1 is 1.32 bits per heavy atom. The van der Waals surface area contributed by atoms with Gasteiger partial charge in [0.2, 0.25) is 0 Å². The van der Waals surface area contributed by atoms with Crippen molar-refractivity contribution in [1.82, 2.24) is 15.6 Å². The Bertz CT molecular complexity index is 781. The second-order valence-corrected chi connectivity index (χ2v) is 6.81. The van der Waals surface area contributed by atoms with E-state index in [2.05, 4.69) is 27.5 Å². The molecule has 2 heterocycles. The number of halogens is 1. The van der Waals surface area contributed by atoms with E-state index < -0.39 is 0 Å². The van der Waals surface area contributed by atoms with Crippen molar-refractivity contribution in [2.24, 2.45) is 4.99 Å². The van der Waals surface area contributed by atoms with Gasteiger partial charge >= 0.3 is 0 Å². The zero-order chi connectivity index (χ0) is 19.8. The summed E-state index contributed by atoms with van der Waals surface area (Å²) in [6.45, 7) is 7.37. The van der Waals surface area contributed by atoms with Gasteiger partial charge in [0.15, 0.2) is 17.6 Å². The number of aliphatic imine (C=N–C) groups is 1. The average Bonchev–Trinajstić information content (AvgIpc) is 3.15. The first-order chi connectivity index (χ1) is 13.7. The SMILES string of the molecule is CCNC(=NCCOc1ccc(C)cc1)NC1CCN(c2ncccc2F)C1. The van der Waals surface area contributed by atoms with Crippen molar-refractivity contribution in [3.63, 3.8) is 0 Å². The molecule has 1 aliphatic heterocycles. The van der Waals surface area contributed by atoms with E-state index in [1.165, 1.54) is 11.6 Å². The van der Waals surface area contributed by atoms with Gasteiger partial charge < -0.3 is 20.3 Å². The molecule has 0 radical (unpaired) electrons. The van der Waals surface area contributed by atoms with Crippen LogP contribution >= 0.6 is 0 Å². The van der Waals surface area contributed by atoms with Crippen LogP contribution in [0.4, 0.5) is 10.2 Å². The molecule has 150 valence electrons. The molecule has 1 aromatic carbocycles. The molecule has 2 aromatic rings. The molecule has 0 spiro atoms. The van der Waals surface area contributed by atoms with E-state index in [-0.39, 0.29) is 11.9 Å². The van der Waals surface area contributed by atoms with Crippen LogP contribution in [0.5, 0.6) is 5.75 Å². The number of nitrogens with one attached hydrogen (secondary N) is 2. The van der Waals surface area contributed by atoms with E-state index in [0.717, 1.165) is 31.2 Å². The lowest BCUT2D eigenvalue weighted by molar-refractivity contribution is 0.328. The molecule has 0 saturated carbocycles. The highest BCUT2D eigenvalue weighted by molar-refractivity contribution is 5.80. The van der Waals surface area contributed by atoms with E-state index in [0.29, 0.717) is 25.5 Å². The van der Waals surface area contributed by atoms with Gasteiger partial charge in [-0.25, -0.2) is 14.4 Å². The van der Waals surface area contributed by atoms with Crippen molar-refractivity contribution in [2.45, 2.75) is 26.3 Å². The standard InChI is InChI=1S/C21H28FN5O/c1-3-23-21(25-12-14-28-18-8-6-16(2)7-9-18)26-17-10-13-27(15-17)20-19(22)5-4-11-24-20/h4-9,11,17H,3,10,12-15H2,1-2H3,(H2,23,25,26). The van der Waals surface area contributed by atoms with Crippen LogP contribution in [0, 0.1) is 12.7 Å². The van der Waals surface area contributed by atoms with Crippen molar-refractivity contribution in [3.8, 4) is 5.75 Å². The van der Waals surface area contributed by atoms with Gasteiger partial charge in [-0.15, -0.1) is 0 Å². The number of nitrogens with zero attached hydrogens (tertiary/aromatic N) is 3. The Labute approximate surface area is 165 Å². The number of anilines is 1. The average molecular weight is 385 g/mol. The summed E-state index contributed by atoms with van der Waals surface area (Å²) in [5, 5.41) is 6.69. The largest absolute Gasteiger partial charge is 0.492 e. The van der Waals surface area contributed by atoms with E-state index in [4.69, 9.17) is 4.74 Å². The normalized spacial score (nSPS) is 16.9. The third-order valence-corrected chi connectivity index (χ3v) is 4.56. The van der Waals surface area contributed by atoms with E-state index in [1.807, 2.05) is 36.1 Å². The minimum atomic E-state index is -0.281. The van der Waals surface area contributed by atoms with Crippen molar-refractivity contribution in [3.05, 3.63) is 54.0 Å². The fourth-order valence-electron chi connectivity index (χ4n) is 3.15. The zero-order valence-corrected chi connectivity index (χ0v) is 16.5. The molecular weight excluding hydrogens is 357 g/mol. The van der Waals surface area contributed by atoms with Crippen molar-refractivity contribution < 1.29 is 9.13 Å². The second kappa shape index (κ2) is 9.92. The summed E-state index contributed by atoms with van der Waals surface area (Å²) in [6.07, 6.45) is 2.53. The van der Waals surface area contributed by atoms with Gasteiger partial charge in [0.1, 0.15) is 12.4 Å². The summed E-state index contributed by atoms with van der Waals surface area (Å²) in [5.74, 6) is 1.74. The highest BCUT2D eigenvalue weighted by atomic mass is 19.1. The molecule has 1 aromatic heterocycles. The maximum absolute atomic E-state index is 13.9. The molecule has 0 amide bonds. The van der Waals surface area contributed by atoms with Crippen LogP contribution in [0.3, 0.4) is 0 Å². The maximum Gasteiger partial charge on any atom is 0.191 e. The molecule has 1 fully saturated rings. The van der Waals surface area contributed by atoms with Gasteiger partial charge in [-0.2, -0.15) is 0 Å². The Morgan fingerprint density at radius 3 is 2.89 bits per heavy atom. The summed E-state index contributed by atoms with van der Waals surface area (Å²) in [5.41, 5.74) is 1.21. The third-order valence-electron chi connectivity index (χ3n) is 4.56. The first kappa shape index (κ1) is 19.9. The fraction of sp³-hybridized carbons (Fsp3) is 0.429. The Balaban J connectivity index is 1.49. The lowest BCUT2D eigenvalue weighted by Gasteiger charge is -2.20. The van der Waals surface area contributed by atoms with Crippen LogP contribution in [-0.2, 0) is 0 Å². The minimum absolute atomic E-state index is 0.192. The topological polar surface area (TPSA) is 61.8 Å². The molecule has 2 N–H and O–H groups in total. The van der Waals surface area contributed by atoms with Crippen LogP contribution in [0.25, 0.3) is 0 Å². The first-order valence-corrected chi connectivity index (χ1v) is 9.75. The maximum atomic E-state index is 13.9. The lowest BCUT2D eigenvalue weighted by atomic mass is 10.2. The van der Waals surface area contributed by atoms with Gasteiger partial charge in [0, 0.05) is 31.9 Å². The summed E-state index contributed by atoms with van der Waals surface area (Å²) >= 11 is 0. The molecule has 0 aliphatic carbocycles. The third kappa shape index (κ3) is 5.58. The number of hydrogen-bond acceptors (Lipinski definition) is 4. The molecule has 7 heteroatoms. The lowest BCUT2D eigenvalue weighted by Crippen LogP contribution is -2.45. The molecule has 3 rings (SSSR count). The van der Waals surface area contributed by atoms with Crippen LogP contribution in [0.15, 0.2) is 47.6 Å². The highest BCUT2D eigenvalue weighted by Gasteiger charge is 2.25. The van der Waals surface area contributed by atoms with Crippen molar-refractivity contribution in [1.29, 1.82) is 0 Å². The molecule has 6 nitrogen and oxygen atoms in total. The molecule has 1 unspecified atom stereocenters. The number of aromatic nitrogens is 1. The van der Waals surface area contributed by atoms with Gasteiger partial charge in [-0.05, 0) is 44.5 Å². The highest BCUT2D eigenvalue weighted by Crippen LogP contribution is 2.20. The smallest absolute Gasteiger partial charge is 0.191 e. The quantitative estimate of drug-likeness (QED) is 0.436. The fourth-order valence-corrected chi connectivity index (χ4v) is 3.15. The molecule has 1 saturated heterocycles. The first-order valence-electron chi connectivity index (χ1n) is 9.75. The van der Waals surface area contributed by atoms with Crippen molar-refractivity contribution in [2.75, 3.05) is 37.7 Å². The summed E-state index contributed by atoms with van der Waals surface area (Å²) < 4.78 is 19.7. The van der Waals surface area contributed by atoms with Crippen molar-refractivity contribution >= 4 is 11.8 Å². The zero-order valence-electron chi connectivity index (χ0n) is 16.5. The van der Waals surface area contributed by atoms with Gasteiger partial charge in [0.05, 0.1) is 6.54 Å². The van der Waals surface area contributed by atoms with Crippen LogP contribution in [0.1, 0.15) is 18.9 Å².